The highest BCUT2D eigenvalue weighted by molar-refractivity contribution is 8.18. The molecule has 0 aliphatic carbocycles. The van der Waals surface area contributed by atoms with Gasteiger partial charge in [0.15, 0.2) is 0 Å². The molecule has 1 spiro atoms. The molecule has 0 amide bonds. The first-order chi connectivity index (χ1) is 10.5. The summed E-state index contributed by atoms with van der Waals surface area (Å²) < 4.78 is 11.8. The largest absolute Gasteiger partial charge is 0.364 e. The van der Waals surface area contributed by atoms with Crippen molar-refractivity contribution < 1.29 is 19.7 Å². The lowest BCUT2D eigenvalue weighted by Crippen LogP contribution is -2.54. The van der Waals surface area contributed by atoms with Crippen molar-refractivity contribution >= 4 is 23.5 Å². The van der Waals surface area contributed by atoms with Gasteiger partial charge in [0.25, 0.3) is 0 Å². The summed E-state index contributed by atoms with van der Waals surface area (Å²) in [7, 11) is 0. The van der Waals surface area contributed by atoms with Crippen molar-refractivity contribution in [2.45, 2.75) is 81.1 Å². The van der Waals surface area contributed by atoms with Crippen molar-refractivity contribution in [1.82, 2.24) is 0 Å². The second-order valence-electron chi connectivity index (χ2n) is 6.37. The molecule has 2 atom stereocenters. The van der Waals surface area contributed by atoms with Crippen LogP contribution in [0.15, 0.2) is 0 Å². The van der Waals surface area contributed by atoms with E-state index in [1.54, 1.807) is 0 Å². The molecule has 2 heterocycles. The predicted octanol–water partition coefficient (Wildman–Crippen LogP) is 3.36. The van der Waals surface area contributed by atoms with E-state index in [9.17, 15) is 10.2 Å². The summed E-state index contributed by atoms with van der Waals surface area (Å²) in [5, 5.41) is 19.2. The maximum Gasteiger partial charge on any atom is 0.209 e. The Bertz CT molecular complexity index is 334. The minimum Gasteiger partial charge on any atom is -0.364 e. The topological polar surface area (TPSA) is 58.9 Å². The minimum absolute atomic E-state index is 0.00125. The Kier molecular flexibility index (Phi) is 7.36. The standard InChI is InChI=1S/C16H30O4S2/c1-3-4-8-15(2)16(21-11-7-12-22-16)9-5-6-10-19-14(20-15)13(17)18/h13-14,17-18H,3-12H2,1-2H3. The van der Waals surface area contributed by atoms with Crippen molar-refractivity contribution in [3.8, 4) is 0 Å². The van der Waals surface area contributed by atoms with Crippen LogP contribution in [0.4, 0.5) is 0 Å². The highest BCUT2D eigenvalue weighted by Crippen LogP contribution is 2.56. The lowest BCUT2D eigenvalue weighted by Gasteiger charge is -2.50. The molecule has 0 saturated carbocycles. The fraction of sp³-hybridized carbons (Fsp3) is 1.00. The Morgan fingerprint density at radius 2 is 1.91 bits per heavy atom. The number of thioether (sulfide) groups is 2. The number of aliphatic hydroxyl groups excluding tert-OH is 1. The molecule has 2 aliphatic heterocycles. The second-order valence-corrected chi connectivity index (χ2v) is 9.41. The predicted molar refractivity (Wildman–Crippen MR) is 93.1 cm³/mol. The number of rotatable bonds is 4. The molecule has 130 valence electrons. The number of aliphatic hydroxyl groups is 2. The van der Waals surface area contributed by atoms with Crippen molar-refractivity contribution in [3.05, 3.63) is 0 Å². The van der Waals surface area contributed by atoms with Crippen LogP contribution in [0.3, 0.4) is 0 Å². The molecule has 0 aromatic rings. The van der Waals surface area contributed by atoms with Gasteiger partial charge in [-0.2, -0.15) is 0 Å². The van der Waals surface area contributed by atoms with Gasteiger partial charge in [-0.05, 0) is 50.5 Å². The summed E-state index contributed by atoms with van der Waals surface area (Å²) >= 11 is 4.02. The third kappa shape index (κ3) is 4.33. The van der Waals surface area contributed by atoms with E-state index in [0.717, 1.165) is 50.0 Å². The van der Waals surface area contributed by atoms with Crippen LogP contribution < -0.4 is 0 Å². The van der Waals surface area contributed by atoms with Crippen LogP contribution in [-0.2, 0) is 9.47 Å². The van der Waals surface area contributed by atoms with Gasteiger partial charge in [0, 0.05) is 6.61 Å². The lowest BCUT2D eigenvalue weighted by molar-refractivity contribution is -0.289. The molecule has 2 N–H and O–H groups in total. The first-order valence-corrected chi connectivity index (χ1v) is 10.4. The Hall–Kier alpha value is 0.540. The summed E-state index contributed by atoms with van der Waals surface area (Å²) in [4.78, 5) is 0. The van der Waals surface area contributed by atoms with Crippen LogP contribution in [0.25, 0.3) is 0 Å². The van der Waals surface area contributed by atoms with Crippen LogP contribution in [0.2, 0.25) is 0 Å². The summed E-state index contributed by atoms with van der Waals surface area (Å²) in [6.45, 7) is 4.86. The second kappa shape index (κ2) is 8.58. The quantitative estimate of drug-likeness (QED) is 0.758. The van der Waals surface area contributed by atoms with E-state index >= 15 is 0 Å². The van der Waals surface area contributed by atoms with Gasteiger partial charge in [0.05, 0.1) is 9.68 Å². The van der Waals surface area contributed by atoms with Crippen LogP contribution in [0.5, 0.6) is 0 Å². The monoisotopic (exact) mass is 350 g/mol. The molecular weight excluding hydrogens is 320 g/mol. The Labute approximate surface area is 142 Å². The van der Waals surface area contributed by atoms with Crippen molar-refractivity contribution in [2.75, 3.05) is 18.1 Å². The fourth-order valence-corrected chi connectivity index (χ4v) is 6.98. The van der Waals surface area contributed by atoms with Crippen molar-refractivity contribution in [2.24, 2.45) is 0 Å². The number of hydrogen-bond donors (Lipinski definition) is 2. The molecule has 2 saturated heterocycles. The highest BCUT2D eigenvalue weighted by atomic mass is 32.2. The molecular formula is C16H30O4S2. The van der Waals surface area contributed by atoms with Crippen molar-refractivity contribution in [1.29, 1.82) is 0 Å². The number of hydrogen-bond acceptors (Lipinski definition) is 6. The zero-order valence-electron chi connectivity index (χ0n) is 13.8. The maximum absolute atomic E-state index is 9.62. The molecule has 0 aromatic heterocycles. The first-order valence-electron chi connectivity index (χ1n) is 8.46. The van der Waals surface area contributed by atoms with E-state index in [1.807, 2.05) is 23.5 Å². The fourth-order valence-electron chi connectivity index (χ4n) is 3.24. The number of ether oxygens (including phenoxy) is 2. The zero-order valence-corrected chi connectivity index (χ0v) is 15.4. The van der Waals surface area contributed by atoms with E-state index in [-0.39, 0.29) is 4.08 Å². The summed E-state index contributed by atoms with van der Waals surface area (Å²) in [5.41, 5.74) is -0.405. The molecule has 6 heteroatoms. The molecule has 0 aromatic carbocycles. The summed E-state index contributed by atoms with van der Waals surface area (Å²) in [5.74, 6) is 2.32. The van der Waals surface area contributed by atoms with E-state index in [0.29, 0.717) is 6.61 Å². The van der Waals surface area contributed by atoms with Crippen LogP contribution >= 0.6 is 23.5 Å². The Morgan fingerprint density at radius 1 is 1.18 bits per heavy atom. The first kappa shape index (κ1) is 18.9. The molecule has 4 nitrogen and oxygen atoms in total. The summed E-state index contributed by atoms with van der Waals surface area (Å²) in [6, 6.07) is 0. The average molecular weight is 351 g/mol. The van der Waals surface area contributed by atoms with Gasteiger partial charge in [-0.1, -0.05) is 19.8 Å². The molecule has 2 rings (SSSR count). The Balaban J connectivity index is 2.28. The van der Waals surface area contributed by atoms with Gasteiger partial charge >= 0.3 is 0 Å². The van der Waals surface area contributed by atoms with Gasteiger partial charge in [-0.3, -0.25) is 0 Å². The van der Waals surface area contributed by atoms with Gasteiger partial charge in [0.1, 0.15) is 0 Å². The molecule has 0 bridgehead atoms. The van der Waals surface area contributed by atoms with Crippen molar-refractivity contribution in [3.63, 3.8) is 0 Å². The molecule has 22 heavy (non-hydrogen) atoms. The lowest BCUT2D eigenvalue weighted by atomic mass is 9.90. The highest BCUT2D eigenvalue weighted by Gasteiger charge is 2.52. The molecule has 2 unspecified atom stereocenters. The third-order valence-corrected chi connectivity index (χ3v) is 8.47. The smallest absolute Gasteiger partial charge is 0.209 e. The summed E-state index contributed by atoms with van der Waals surface area (Å²) in [6.07, 6.45) is 4.96. The van der Waals surface area contributed by atoms with E-state index < -0.39 is 18.2 Å². The van der Waals surface area contributed by atoms with Gasteiger partial charge in [0.2, 0.25) is 12.6 Å². The Morgan fingerprint density at radius 3 is 2.55 bits per heavy atom. The zero-order chi connectivity index (χ0) is 16.1. The van der Waals surface area contributed by atoms with Crippen LogP contribution in [0, 0.1) is 0 Å². The minimum atomic E-state index is -1.59. The third-order valence-electron chi connectivity index (χ3n) is 4.57. The van der Waals surface area contributed by atoms with Crippen LogP contribution in [-0.4, -0.2) is 50.6 Å². The number of unbranched alkanes of at least 4 members (excludes halogenated alkanes) is 1. The molecule has 2 fully saturated rings. The maximum atomic E-state index is 9.62. The molecule has 2 aliphatic rings. The van der Waals surface area contributed by atoms with Gasteiger partial charge in [-0.15, -0.1) is 23.5 Å². The van der Waals surface area contributed by atoms with E-state index in [4.69, 9.17) is 9.47 Å². The van der Waals surface area contributed by atoms with E-state index in [2.05, 4.69) is 13.8 Å². The van der Waals surface area contributed by atoms with E-state index in [1.165, 1.54) is 6.42 Å². The van der Waals surface area contributed by atoms with Crippen LogP contribution in [0.1, 0.15) is 58.8 Å². The normalized spacial score (nSPS) is 33.4. The van der Waals surface area contributed by atoms with Gasteiger partial charge < -0.3 is 19.7 Å². The average Bonchev–Trinajstić information content (AvgIpc) is 2.57. The van der Waals surface area contributed by atoms with Gasteiger partial charge in [-0.25, -0.2) is 0 Å². The molecule has 0 radical (unpaired) electrons. The SMILES string of the molecule is CCCCC1(C)OC(C(O)O)OCCCCC12SCCCS2.